The number of rotatable bonds is 5. The Bertz CT molecular complexity index is 1160. The van der Waals surface area contributed by atoms with Crippen molar-refractivity contribution in [1.29, 1.82) is 0 Å². The first-order valence-corrected chi connectivity index (χ1v) is 9.07. The fourth-order valence-electron chi connectivity index (χ4n) is 2.54. The number of nitrogens with one attached hydrogen (secondary N) is 1. The molecule has 4 rings (SSSR count). The molecular weight excluding hydrogens is 364 g/mol. The number of aryl methyl sites for hydroxylation is 1. The van der Waals surface area contributed by atoms with Gasteiger partial charge in [-0.3, -0.25) is 14.6 Å². The summed E-state index contributed by atoms with van der Waals surface area (Å²) in [5.74, 6) is -0.246. The summed E-state index contributed by atoms with van der Waals surface area (Å²) < 4.78 is 1.20. The third-order valence-electron chi connectivity index (χ3n) is 3.89. The highest BCUT2D eigenvalue weighted by molar-refractivity contribution is 7.14. The van der Waals surface area contributed by atoms with Crippen LogP contribution in [-0.4, -0.2) is 30.9 Å². The van der Waals surface area contributed by atoms with Crippen molar-refractivity contribution in [3.05, 3.63) is 64.5 Å². The van der Waals surface area contributed by atoms with Crippen LogP contribution in [0.15, 0.2) is 59.0 Å². The minimum Gasteiger partial charge on any atom is -0.302 e. The Morgan fingerprint density at radius 3 is 2.93 bits per heavy atom. The van der Waals surface area contributed by atoms with Crippen molar-refractivity contribution in [2.75, 3.05) is 5.32 Å². The highest BCUT2D eigenvalue weighted by atomic mass is 32.1. The molecule has 0 spiro atoms. The van der Waals surface area contributed by atoms with E-state index in [4.69, 9.17) is 0 Å². The first-order chi connectivity index (χ1) is 13.2. The predicted octanol–water partition coefficient (Wildman–Crippen LogP) is 2.34. The van der Waals surface area contributed by atoms with Crippen LogP contribution >= 0.6 is 11.3 Å². The number of hydrogen-bond acceptors (Lipinski definition) is 7. The molecule has 4 aromatic rings. The fourth-order valence-corrected chi connectivity index (χ4v) is 3.27. The largest absolute Gasteiger partial charge is 0.302 e. The molecule has 0 aliphatic carbocycles. The van der Waals surface area contributed by atoms with Crippen molar-refractivity contribution < 1.29 is 4.79 Å². The molecule has 0 aliphatic rings. The molecule has 8 nitrogen and oxygen atoms in total. The van der Waals surface area contributed by atoms with Gasteiger partial charge in [-0.1, -0.05) is 17.3 Å². The van der Waals surface area contributed by atoms with Crippen LogP contribution in [0.4, 0.5) is 5.13 Å². The molecule has 0 unspecified atom stereocenters. The smallest absolute Gasteiger partial charge is 0.277 e. The van der Waals surface area contributed by atoms with E-state index in [9.17, 15) is 9.59 Å². The van der Waals surface area contributed by atoms with Gasteiger partial charge in [-0.05, 0) is 24.3 Å². The molecule has 1 aromatic carbocycles. The van der Waals surface area contributed by atoms with E-state index >= 15 is 0 Å². The number of aromatic nitrogens is 5. The molecular formula is C18H14N6O2S. The van der Waals surface area contributed by atoms with Gasteiger partial charge in [-0.2, -0.15) is 0 Å². The lowest BCUT2D eigenvalue weighted by Gasteiger charge is -2.04. The summed E-state index contributed by atoms with van der Waals surface area (Å²) in [6.45, 7) is 0.142. The van der Waals surface area contributed by atoms with E-state index in [1.165, 1.54) is 16.0 Å². The number of anilines is 1. The number of fused-ring (bicyclic) bond motifs is 1. The number of carbonyl (C=O) groups is 1. The third-order valence-corrected chi connectivity index (χ3v) is 4.65. The zero-order valence-corrected chi connectivity index (χ0v) is 14.9. The van der Waals surface area contributed by atoms with E-state index in [0.29, 0.717) is 16.0 Å². The molecule has 0 saturated carbocycles. The average Bonchev–Trinajstić information content (AvgIpc) is 3.17. The highest BCUT2D eigenvalue weighted by Crippen LogP contribution is 2.24. The predicted molar refractivity (Wildman–Crippen MR) is 102 cm³/mol. The Morgan fingerprint density at radius 1 is 1.19 bits per heavy atom. The second kappa shape index (κ2) is 7.42. The normalized spacial score (nSPS) is 10.8. The lowest BCUT2D eigenvalue weighted by Crippen LogP contribution is -2.26. The summed E-state index contributed by atoms with van der Waals surface area (Å²) >= 11 is 1.33. The van der Waals surface area contributed by atoms with Crippen molar-refractivity contribution in [3.8, 4) is 11.3 Å². The number of pyridine rings is 1. The summed E-state index contributed by atoms with van der Waals surface area (Å²) in [4.78, 5) is 33.0. The second-order valence-corrected chi connectivity index (χ2v) is 6.57. The van der Waals surface area contributed by atoms with Crippen LogP contribution < -0.4 is 10.9 Å². The van der Waals surface area contributed by atoms with Crippen LogP contribution in [0.2, 0.25) is 0 Å². The van der Waals surface area contributed by atoms with Crippen LogP contribution in [0, 0.1) is 0 Å². The quantitative estimate of drug-likeness (QED) is 0.572. The molecule has 0 fully saturated rings. The molecule has 0 bridgehead atoms. The number of hydrogen-bond donors (Lipinski definition) is 1. The average molecular weight is 378 g/mol. The van der Waals surface area contributed by atoms with Gasteiger partial charge in [0.05, 0.1) is 17.6 Å². The summed E-state index contributed by atoms with van der Waals surface area (Å²) in [6, 6.07) is 10.7. The molecule has 0 saturated heterocycles. The van der Waals surface area contributed by atoms with Gasteiger partial charge in [-0.15, -0.1) is 16.4 Å². The number of nitrogens with zero attached hydrogens (tertiary/aromatic N) is 5. The van der Waals surface area contributed by atoms with Crippen molar-refractivity contribution in [2.45, 2.75) is 13.0 Å². The maximum atomic E-state index is 12.4. The van der Waals surface area contributed by atoms with Crippen molar-refractivity contribution >= 4 is 33.3 Å². The van der Waals surface area contributed by atoms with Gasteiger partial charge in [0.2, 0.25) is 5.91 Å². The molecule has 134 valence electrons. The maximum Gasteiger partial charge on any atom is 0.277 e. The van der Waals surface area contributed by atoms with Crippen molar-refractivity contribution in [2.24, 2.45) is 0 Å². The van der Waals surface area contributed by atoms with Gasteiger partial charge in [-0.25, -0.2) is 9.67 Å². The zero-order valence-electron chi connectivity index (χ0n) is 14.1. The Morgan fingerprint density at radius 2 is 2.07 bits per heavy atom. The van der Waals surface area contributed by atoms with E-state index in [1.807, 2.05) is 17.5 Å². The van der Waals surface area contributed by atoms with E-state index in [2.05, 4.69) is 25.6 Å². The van der Waals surface area contributed by atoms with Crippen LogP contribution in [0.5, 0.6) is 0 Å². The summed E-state index contributed by atoms with van der Waals surface area (Å²) in [6.07, 6.45) is 3.50. The number of benzene rings is 1. The van der Waals surface area contributed by atoms with Crippen molar-refractivity contribution in [1.82, 2.24) is 25.0 Å². The number of thiazole rings is 1. The molecule has 0 radical (unpaired) electrons. The van der Waals surface area contributed by atoms with E-state index in [-0.39, 0.29) is 24.4 Å². The zero-order chi connectivity index (χ0) is 18.6. The topological polar surface area (TPSA) is 103 Å². The molecule has 9 heteroatoms. The summed E-state index contributed by atoms with van der Waals surface area (Å²) in [5.41, 5.74) is 1.91. The molecule has 0 atom stereocenters. The van der Waals surface area contributed by atoms with Crippen LogP contribution in [0.1, 0.15) is 6.42 Å². The van der Waals surface area contributed by atoms with Gasteiger partial charge in [0, 0.05) is 29.8 Å². The summed E-state index contributed by atoms with van der Waals surface area (Å²) in [5, 5.41) is 13.5. The second-order valence-electron chi connectivity index (χ2n) is 5.71. The standard InChI is InChI=1S/C18H14N6O2S/c25-16(21-18-20-15(11-27-18)12-4-3-8-19-10-12)7-9-24-17(26)13-5-1-2-6-14(13)22-23-24/h1-6,8,10-11H,7,9H2,(H,20,21,25). The molecule has 3 heterocycles. The molecule has 1 N–H and O–H groups in total. The molecule has 1 amide bonds. The van der Waals surface area contributed by atoms with Gasteiger partial charge in [0.1, 0.15) is 5.52 Å². The van der Waals surface area contributed by atoms with Gasteiger partial charge < -0.3 is 5.32 Å². The van der Waals surface area contributed by atoms with E-state index < -0.39 is 0 Å². The minimum atomic E-state index is -0.262. The molecule has 27 heavy (non-hydrogen) atoms. The van der Waals surface area contributed by atoms with Gasteiger partial charge >= 0.3 is 0 Å². The molecule has 3 aromatic heterocycles. The SMILES string of the molecule is O=C(CCn1nnc2ccccc2c1=O)Nc1nc(-c2cccnc2)cs1. The Hall–Kier alpha value is -3.46. The Labute approximate surface area is 157 Å². The minimum absolute atomic E-state index is 0.0920. The van der Waals surface area contributed by atoms with E-state index in [1.54, 1.807) is 36.7 Å². The van der Waals surface area contributed by atoms with Crippen LogP contribution in [-0.2, 0) is 11.3 Å². The lowest BCUT2D eigenvalue weighted by molar-refractivity contribution is -0.116. The monoisotopic (exact) mass is 378 g/mol. The first-order valence-electron chi connectivity index (χ1n) is 8.19. The third kappa shape index (κ3) is 3.72. The Kier molecular flexibility index (Phi) is 4.67. The maximum absolute atomic E-state index is 12.4. The highest BCUT2D eigenvalue weighted by Gasteiger charge is 2.10. The van der Waals surface area contributed by atoms with Crippen LogP contribution in [0.3, 0.4) is 0 Å². The Balaban J connectivity index is 1.41. The first kappa shape index (κ1) is 17.0. The van der Waals surface area contributed by atoms with Gasteiger partial charge in [0.15, 0.2) is 5.13 Å². The fraction of sp³-hybridized carbons (Fsp3) is 0.111. The summed E-state index contributed by atoms with van der Waals surface area (Å²) in [7, 11) is 0. The number of carbonyl (C=O) groups excluding carboxylic acids is 1. The van der Waals surface area contributed by atoms with Crippen molar-refractivity contribution in [3.63, 3.8) is 0 Å². The van der Waals surface area contributed by atoms with Gasteiger partial charge in [0.25, 0.3) is 5.56 Å². The van der Waals surface area contributed by atoms with Crippen LogP contribution in [0.25, 0.3) is 22.2 Å². The molecule has 0 aliphatic heterocycles. The van der Waals surface area contributed by atoms with E-state index in [0.717, 1.165) is 11.3 Å². The lowest BCUT2D eigenvalue weighted by atomic mass is 10.2. The number of amides is 1.